The molecule has 0 spiro atoms. The maximum atomic E-state index is 13.0. The van der Waals surface area contributed by atoms with E-state index in [-0.39, 0.29) is 11.7 Å². The second-order valence-electron chi connectivity index (χ2n) is 7.36. The first-order chi connectivity index (χ1) is 12.7. The molecule has 0 N–H and O–H groups in total. The molecule has 0 aliphatic carbocycles. The molecule has 2 fully saturated rings. The Morgan fingerprint density at radius 3 is 2.31 bits per heavy atom. The lowest BCUT2D eigenvalue weighted by atomic mass is 9.80. The standard InChI is InChI=1S/C23H25NO2/c1-2-17-8-10-19(11-9-17)23(25)20-12-21-15-26-16-22(13-20)24(21)14-18-6-4-3-5-7-18/h2-11,20-22H,1,12-16H2. The molecule has 2 saturated heterocycles. The second-order valence-corrected chi connectivity index (χ2v) is 7.36. The third kappa shape index (κ3) is 3.50. The molecule has 0 saturated carbocycles. The summed E-state index contributed by atoms with van der Waals surface area (Å²) in [5, 5.41) is 0. The number of fused-ring (bicyclic) bond motifs is 2. The summed E-state index contributed by atoms with van der Waals surface area (Å²) in [7, 11) is 0. The van der Waals surface area contributed by atoms with Crippen LogP contribution >= 0.6 is 0 Å². The van der Waals surface area contributed by atoms with Crippen molar-refractivity contribution in [2.75, 3.05) is 13.2 Å². The highest BCUT2D eigenvalue weighted by Crippen LogP contribution is 2.34. The van der Waals surface area contributed by atoms with Crippen LogP contribution < -0.4 is 0 Å². The van der Waals surface area contributed by atoms with E-state index in [2.05, 4.69) is 41.8 Å². The van der Waals surface area contributed by atoms with Gasteiger partial charge in [-0.15, -0.1) is 0 Å². The Morgan fingerprint density at radius 2 is 1.69 bits per heavy atom. The van der Waals surface area contributed by atoms with Crippen molar-refractivity contribution >= 4 is 11.9 Å². The number of carbonyl (C=O) groups is 1. The van der Waals surface area contributed by atoms with E-state index in [1.807, 2.05) is 24.3 Å². The van der Waals surface area contributed by atoms with E-state index in [0.717, 1.165) is 43.7 Å². The Labute approximate surface area is 155 Å². The quantitative estimate of drug-likeness (QED) is 0.760. The van der Waals surface area contributed by atoms with E-state index < -0.39 is 0 Å². The fourth-order valence-electron chi connectivity index (χ4n) is 4.28. The average molecular weight is 347 g/mol. The molecule has 2 heterocycles. The molecule has 3 heteroatoms. The van der Waals surface area contributed by atoms with Gasteiger partial charge in [-0.1, -0.05) is 67.3 Å². The summed E-state index contributed by atoms with van der Waals surface area (Å²) in [5.74, 6) is 0.368. The molecule has 2 atom stereocenters. The number of morpholine rings is 1. The van der Waals surface area contributed by atoms with Crippen molar-refractivity contribution in [2.45, 2.75) is 31.5 Å². The zero-order valence-corrected chi connectivity index (χ0v) is 15.0. The Kier molecular flexibility index (Phi) is 5.00. The van der Waals surface area contributed by atoms with Crippen LogP contribution in [-0.2, 0) is 11.3 Å². The minimum Gasteiger partial charge on any atom is -0.378 e. The summed E-state index contributed by atoms with van der Waals surface area (Å²) in [6.45, 7) is 6.16. The van der Waals surface area contributed by atoms with E-state index in [4.69, 9.17) is 4.74 Å². The number of nitrogens with zero attached hydrogens (tertiary/aromatic N) is 1. The first-order valence-electron chi connectivity index (χ1n) is 9.38. The van der Waals surface area contributed by atoms with E-state index >= 15 is 0 Å². The predicted octanol–water partition coefficient (Wildman–Crippen LogP) is 4.19. The Bertz CT molecular complexity index is 755. The van der Waals surface area contributed by atoms with Gasteiger partial charge in [0.15, 0.2) is 5.78 Å². The van der Waals surface area contributed by atoms with Gasteiger partial charge in [-0.05, 0) is 24.0 Å². The number of benzene rings is 2. The molecule has 0 radical (unpaired) electrons. The van der Waals surface area contributed by atoms with Crippen LogP contribution in [0.5, 0.6) is 0 Å². The van der Waals surface area contributed by atoms with Gasteiger partial charge in [0.1, 0.15) is 0 Å². The van der Waals surface area contributed by atoms with Crippen LogP contribution in [0.15, 0.2) is 61.2 Å². The number of rotatable bonds is 5. The van der Waals surface area contributed by atoms with Gasteiger partial charge in [0, 0.05) is 30.1 Å². The Balaban J connectivity index is 1.48. The Morgan fingerprint density at radius 1 is 1.04 bits per heavy atom. The molecule has 2 aromatic rings. The van der Waals surface area contributed by atoms with Crippen LogP contribution in [0.25, 0.3) is 6.08 Å². The normalized spacial score (nSPS) is 25.6. The predicted molar refractivity (Wildman–Crippen MR) is 104 cm³/mol. The van der Waals surface area contributed by atoms with E-state index in [9.17, 15) is 4.79 Å². The van der Waals surface area contributed by atoms with Crippen LogP contribution in [0, 0.1) is 5.92 Å². The van der Waals surface area contributed by atoms with Crippen LogP contribution in [0.3, 0.4) is 0 Å². The molecule has 2 aliphatic heterocycles. The largest absolute Gasteiger partial charge is 0.378 e. The van der Waals surface area contributed by atoms with Gasteiger partial charge in [-0.2, -0.15) is 0 Å². The van der Waals surface area contributed by atoms with Gasteiger partial charge in [0.2, 0.25) is 0 Å². The third-order valence-electron chi connectivity index (χ3n) is 5.68. The summed E-state index contributed by atoms with van der Waals surface area (Å²) >= 11 is 0. The number of piperidine rings is 1. The topological polar surface area (TPSA) is 29.5 Å². The first kappa shape index (κ1) is 17.2. The highest BCUT2D eigenvalue weighted by atomic mass is 16.5. The van der Waals surface area contributed by atoms with Crippen LogP contribution in [0.1, 0.15) is 34.3 Å². The van der Waals surface area contributed by atoms with E-state index in [1.165, 1.54) is 5.56 Å². The van der Waals surface area contributed by atoms with Gasteiger partial charge < -0.3 is 4.74 Å². The number of hydrogen-bond acceptors (Lipinski definition) is 3. The molecule has 2 bridgehead atoms. The van der Waals surface area contributed by atoms with Crippen molar-refractivity contribution in [2.24, 2.45) is 5.92 Å². The molecule has 26 heavy (non-hydrogen) atoms. The molecule has 0 amide bonds. The maximum Gasteiger partial charge on any atom is 0.166 e. The van der Waals surface area contributed by atoms with Crippen molar-refractivity contribution in [1.82, 2.24) is 4.90 Å². The third-order valence-corrected chi connectivity index (χ3v) is 5.68. The molecular formula is C23H25NO2. The van der Waals surface area contributed by atoms with Crippen LogP contribution in [-0.4, -0.2) is 36.0 Å². The van der Waals surface area contributed by atoms with Gasteiger partial charge >= 0.3 is 0 Å². The number of carbonyl (C=O) groups excluding carboxylic acids is 1. The zero-order valence-electron chi connectivity index (χ0n) is 15.0. The van der Waals surface area contributed by atoms with E-state index in [0.29, 0.717) is 12.1 Å². The smallest absolute Gasteiger partial charge is 0.166 e. The first-order valence-corrected chi connectivity index (χ1v) is 9.38. The van der Waals surface area contributed by atoms with Gasteiger partial charge in [0.25, 0.3) is 0 Å². The summed E-state index contributed by atoms with van der Waals surface area (Å²) < 4.78 is 5.80. The maximum absolute atomic E-state index is 13.0. The Hall–Kier alpha value is -2.23. The average Bonchev–Trinajstić information content (AvgIpc) is 2.68. The van der Waals surface area contributed by atoms with Crippen LogP contribution in [0.2, 0.25) is 0 Å². The van der Waals surface area contributed by atoms with E-state index in [1.54, 1.807) is 6.08 Å². The zero-order chi connectivity index (χ0) is 17.9. The monoisotopic (exact) mass is 347 g/mol. The summed E-state index contributed by atoms with van der Waals surface area (Å²) in [6, 6.07) is 19.0. The molecule has 0 aromatic heterocycles. The number of ketones is 1. The second kappa shape index (κ2) is 7.56. The van der Waals surface area contributed by atoms with Crippen LogP contribution in [0.4, 0.5) is 0 Å². The molecule has 2 aliphatic rings. The van der Waals surface area contributed by atoms with Crippen molar-refractivity contribution in [3.63, 3.8) is 0 Å². The van der Waals surface area contributed by atoms with Gasteiger partial charge in [-0.3, -0.25) is 9.69 Å². The number of Topliss-reactive ketones (excluding diaryl/α,β-unsaturated/α-hetero) is 1. The fraction of sp³-hybridized carbons (Fsp3) is 0.348. The van der Waals surface area contributed by atoms with Crippen molar-refractivity contribution < 1.29 is 9.53 Å². The molecule has 3 nitrogen and oxygen atoms in total. The molecule has 2 unspecified atom stereocenters. The summed E-state index contributed by atoms with van der Waals surface area (Å²) in [6.07, 6.45) is 3.56. The highest BCUT2D eigenvalue weighted by molar-refractivity contribution is 5.98. The summed E-state index contributed by atoms with van der Waals surface area (Å²) in [4.78, 5) is 15.6. The fourth-order valence-corrected chi connectivity index (χ4v) is 4.28. The minimum atomic E-state index is 0.0931. The van der Waals surface area contributed by atoms with Crippen molar-refractivity contribution in [3.05, 3.63) is 77.9 Å². The lowest BCUT2D eigenvalue weighted by Gasteiger charge is -2.48. The molecule has 134 valence electrons. The lowest BCUT2D eigenvalue weighted by Crippen LogP contribution is -2.57. The highest BCUT2D eigenvalue weighted by Gasteiger charge is 2.41. The summed E-state index contributed by atoms with van der Waals surface area (Å²) in [5.41, 5.74) is 3.19. The van der Waals surface area contributed by atoms with Crippen molar-refractivity contribution in [3.8, 4) is 0 Å². The van der Waals surface area contributed by atoms with Crippen molar-refractivity contribution in [1.29, 1.82) is 0 Å². The molecule has 2 aromatic carbocycles. The van der Waals surface area contributed by atoms with Gasteiger partial charge in [0.05, 0.1) is 13.2 Å². The van der Waals surface area contributed by atoms with Gasteiger partial charge in [-0.25, -0.2) is 0 Å². The lowest BCUT2D eigenvalue weighted by molar-refractivity contribution is -0.0872. The molecule has 4 rings (SSSR count). The SMILES string of the molecule is C=Cc1ccc(C(=O)C2CC3COCC(C2)N3Cc2ccccc2)cc1. The number of hydrogen-bond donors (Lipinski definition) is 0. The minimum absolute atomic E-state index is 0.0931. The molecular weight excluding hydrogens is 322 g/mol. The number of ether oxygens (including phenoxy) is 1.